The molecule has 0 saturated heterocycles. The molecule has 1 N–H and O–H groups in total. The van der Waals surface area contributed by atoms with E-state index in [2.05, 4.69) is 0 Å². The molecule has 0 aromatic heterocycles. The van der Waals surface area contributed by atoms with Crippen molar-refractivity contribution in [3.63, 3.8) is 0 Å². The standard InChI is InChI=1S/C16H22O4/c1-19-11-12-20-14-7-5-13(6-8-14)16(15(17)18)9-3-2-4-10-16/h5-8H,2-4,9-12H2,1H3,(H,17,18). The van der Waals surface area contributed by atoms with Crippen LogP contribution in [0.2, 0.25) is 0 Å². The summed E-state index contributed by atoms with van der Waals surface area (Å²) >= 11 is 0. The molecule has 0 bridgehead atoms. The van der Waals surface area contributed by atoms with E-state index < -0.39 is 11.4 Å². The molecule has 0 aliphatic heterocycles. The van der Waals surface area contributed by atoms with Crippen LogP contribution in [0.3, 0.4) is 0 Å². The van der Waals surface area contributed by atoms with Crippen molar-refractivity contribution in [2.24, 2.45) is 0 Å². The van der Waals surface area contributed by atoms with Crippen LogP contribution in [-0.4, -0.2) is 31.4 Å². The maximum atomic E-state index is 11.7. The van der Waals surface area contributed by atoms with Crippen molar-refractivity contribution in [2.75, 3.05) is 20.3 Å². The number of ether oxygens (including phenoxy) is 2. The Morgan fingerprint density at radius 3 is 2.35 bits per heavy atom. The van der Waals surface area contributed by atoms with Crippen molar-refractivity contribution in [2.45, 2.75) is 37.5 Å². The molecule has 0 unspecified atom stereocenters. The highest BCUT2D eigenvalue weighted by atomic mass is 16.5. The van der Waals surface area contributed by atoms with Gasteiger partial charge in [-0.1, -0.05) is 31.4 Å². The number of carboxylic acids is 1. The van der Waals surface area contributed by atoms with Gasteiger partial charge in [0, 0.05) is 7.11 Å². The summed E-state index contributed by atoms with van der Waals surface area (Å²) in [7, 11) is 1.63. The second kappa shape index (κ2) is 6.75. The number of hydrogen-bond donors (Lipinski definition) is 1. The van der Waals surface area contributed by atoms with Crippen molar-refractivity contribution < 1.29 is 19.4 Å². The summed E-state index contributed by atoms with van der Waals surface area (Å²) in [5.74, 6) is 0.0485. The lowest BCUT2D eigenvalue weighted by molar-refractivity contribution is -0.145. The van der Waals surface area contributed by atoms with Crippen molar-refractivity contribution in [1.82, 2.24) is 0 Å². The quantitative estimate of drug-likeness (QED) is 0.813. The van der Waals surface area contributed by atoms with E-state index >= 15 is 0 Å². The summed E-state index contributed by atoms with van der Waals surface area (Å²) in [6.07, 6.45) is 4.56. The zero-order chi connectivity index (χ0) is 14.4. The minimum Gasteiger partial charge on any atom is -0.491 e. The van der Waals surface area contributed by atoms with Crippen LogP contribution in [0.1, 0.15) is 37.7 Å². The minimum atomic E-state index is -0.705. The Morgan fingerprint density at radius 1 is 1.15 bits per heavy atom. The van der Waals surface area contributed by atoms with E-state index in [1.54, 1.807) is 7.11 Å². The van der Waals surface area contributed by atoms with Gasteiger partial charge < -0.3 is 14.6 Å². The molecule has 4 heteroatoms. The highest BCUT2D eigenvalue weighted by Gasteiger charge is 2.41. The maximum absolute atomic E-state index is 11.7. The third-order valence-electron chi connectivity index (χ3n) is 4.08. The molecule has 4 nitrogen and oxygen atoms in total. The summed E-state index contributed by atoms with van der Waals surface area (Å²) < 4.78 is 10.4. The van der Waals surface area contributed by atoms with E-state index in [4.69, 9.17) is 9.47 Å². The van der Waals surface area contributed by atoms with Gasteiger partial charge in [0.2, 0.25) is 0 Å². The molecule has 1 aromatic carbocycles. The first kappa shape index (κ1) is 14.9. The molecular formula is C16H22O4. The topological polar surface area (TPSA) is 55.8 Å². The van der Waals surface area contributed by atoms with Gasteiger partial charge in [-0.25, -0.2) is 0 Å². The lowest BCUT2D eigenvalue weighted by atomic mass is 9.69. The molecule has 1 aliphatic carbocycles. The molecule has 1 aliphatic rings. The number of carboxylic acid groups (broad SMARTS) is 1. The van der Waals surface area contributed by atoms with Crippen molar-refractivity contribution in [3.8, 4) is 5.75 Å². The predicted molar refractivity (Wildman–Crippen MR) is 76.2 cm³/mol. The normalized spacial score (nSPS) is 17.6. The van der Waals surface area contributed by atoms with Crippen LogP contribution in [0, 0.1) is 0 Å². The average Bonchev–Trinajstić information content (AvgIpc) is 2.49. The maximum Gasteiger partial charge on any atom is 0.314 e. The number of rotatable bonds is 6. The van der Waals surface area contributed by atoms with Gasteiger partial charge in [-0.15, -0.1) is 0 Å². The number of aliphatic carboxylic acids is 1. The van der Waals surface area contributed by atoms with Crippen molar-refractivity contribution >= 4 is 5.97 Å². The lowest BCUT2D eigenvalue weighted by Gasteiger charge is -2.33. The van der Waals surface area contributed by atoms with Gasteiger partial charge in [0.1, 0.15) is 12.4 Å². The van der Waals surface area contributed by atoms with E-state index in [0.717, 1.165) is 43.4 Å². The fraction of sp³-hybridized carbons (Fsp3) is 0.562. The van der Waals surface area contributed by atoms with Crippen LogP contribution in [0.4, 0.5) is 0 Å². The van der Waals surface area contributed by atoms with Crippen LogP contribution in [0.25, 0.3) is 0 Å². The van der Waals surface area contributed by atoms with Crippen molar-refractivity contribution in [1.29, 1.82) is 0 Å². The molecule has 1 fully saturated rings. The lowest BCUT2D eigenvalue weighted by Crippen LogP contribution is -2.37. The molecule has 0 spiro atoms. The summed E-state index contributed by atoms with van der Waals surface area (Å²) in [5.41, 5.74) is 0.187. The van der Waals surface area contributed by atoms with E-state index in [0.29, 0.717) is 13.2 Å². The van der Waals surface area contributed by atoms with Crippen molar-refractivity contribution in [3.05, 3.63) is 29.8 Å². The Hall–Kier alpha value is -1.55. The molecule has 0 amide bonds. The number of carbonyl (C=O) groups is 1. The predicted octanol–water partition coefficient (Wildman–Crippen LogP) is 3.00. The monoisotopic (exact) mass is 278 g/mol. The minimum absolute atomic E-state index is 0.500. The van der Waals surface area contributed by atoms with Gasteiger partial charge in [0.15, 0.2) is 0 Å². The highest BCUT2D eigenvalue weighted by Crippen LogP contribution is 2.40. The first-order valence-electron chi connectivity index (χ1n) is 7.15. The third-order valence-corrected chi connectivity index (χ3v) is 4.08. The van der Waals surface area contributed by atoms with Gasteiger partial charge in [-0.2, -0.15) is 0 Å². The van der Waals surface area contributed by atoms with Gasteiger partial charge in [-0.05, 0) is 30.5 Å². The van der Waals surface area contributed by atoms with E-state index in [9.17, 15) is 9.90 Å². The Labute approximate surface area is 119 Å². The third kappa shape index (κ3) is 3.12. The largest absolute Gasteiger partial charge is 0.491 e. The summed E-state index contributed by atoms with van der Waals surface area (Å²) in [4.78, 5) is 11.7. The molecular weight excluding hydrogens is 256 g/mol. The molecule has 1 aromatic rings. The van der Waals surface area contributed by atoms with Crippen LogP contribution < -0.4 is 4.74 Å². The first-order chi connectivity index (χ1) is 9.69. The Balaban J connectivity index is 2.12. The smallest absolute Gasteiger partial charge is 0.314 e. The molecule has 1 saturated carbocycles. The zero-order valence-corrected chi connectivity index (χ0v) is 11.9. The number of hydrogen-bond acceptors (Lipinski definition) is 3. The molecule has 110 valence electrons. The van der Waals surface area contributed by atoms with E-state index in [1.165, 1.54) is 0 Å². The van der Waals surface area contributed by atoms with Gasteiger partial charge >= 0.3 is 5.97 Å². The fourth-order valence-corrected chi connectivity index (χ4v) is 2.89. The first-order valence-corrected chi connectivity index (χ1v) is 7.15. The molecule has 20 heavy (non-hydrogen) atoms. The fourth-order valence-electron chi connectivity index (χ4n) is 2.89. The van der Waals surface area contributed by atoms with Crippen LogP contribution in [0.5, 0.6) is 5.75 Å². The molecule has 0 radical (unpaired) electrons. The van der Waals surface area contributed by atoms with Crippen LogP contribution in [0.15, 0.2) is 24.3 Å². The van der Waals surface area contributed by atoms with Crippen LogP contribution in [-0.2, 0) is 14.9 Å². The Kier molecular flexibility index (Phi) is 5.01. The van der Waals surface area contributed by atoms with Gasteiger partial charge in [0.05, 0.1) is 12.0 Å². The summed E-state index contributed by atoms with van der Waals surface area (Å²) in [5, 5.41) is 9.64. The Bertz CT molecular complexity index is 432. The molecule has 0 atom stereocenters. The molecule has 0 heterocycles. The van der Waals surface area contributed by atoms with Crippen LogP contribution >= 0.6 is 0 Å². The zero-order valence-electron chi connectivity index (χ0n) is 11.9. The average molecular weight is 278 g/mol. The summed E-state index contributed by atoms with van der Waals surface area (Å²) in [6.45, 7) is 1.04. The van der Waals surface area contributed by atoms with Gasteiger partial charge in [-0.3, -0.25) is 4.79 Å². The number of methoxy groups -OCH3 is 1. The van der Waals surface area contributed by atoms with Gasteiger partial charge in [0.25, 0.3) is 0 Å². The van der Waals surface area contributed by atoms with E-state index in [1.807, 2.05) is 24.3 Å². The SMILES string of the molecule is COCCOc1ccc(C2(C(=O)O)CCCCC2)cc1. The summed E-state index contributed by atoms with van der Waals surface area (Å²) in [6, 6.07) is 7.48. The molecule has 2 rings (SSSR count). The number of benzene rings is 1. The van der Waals surface area contributed by atoms with E-state index in [-0.39, 0.29) is 0 Å². The Morgan fingerprint density at radius 2 is 1.80 bits per heavy atom. The second-order valence-electron chi connectivity index (χ2n) is 5.31. The highest BCUT2D eigenvalue weighted by molar-refractivity contribution is 5.81. The second-order valence-corrected chi connectivity index (χ2v) is 5.31.